The van der Waals surface area contributed by atoms with E-state index >= 15 is 0 Å². The van der Waals surface area contributed by atoms with Gasteiger partial charge in [0.15, 0.2) is 0 Å². The van der Waals surface area contributed by atoms with E-state index in [0.29, 0.717) is 0 Å². The first-order chi connectivity index (χ1) is 10.6. The van der Waals surface area contributed by atoms with E-state index in [4.69, 9.17) is 0 Å². The molecule has 1 aliphatic rings. The molecule has 114 valence electrons. The fourth-order valence-corrected chi connectivity index (χ4v) is 2.98. The summed E-state index contributed by atoms with van der Waals surface area (Å²) in [5, 5.41) is 0. The highest BCUT2D eigenvalue weighted by Gasteiger charge is 2.30. The summed E-state index contributed by atoms with van der Waals surface area (Å²) in [5.41, 5.74) is 3.15. The van der Waals surface area contributed by atoms with Crippen LogP contribution in [0.5, 0.6) is 0 Å². The Morgan fingerprint density at radius 1 is 1.00 bits per heavy atom. The second-order valence-electron chi connectivity index (χ2n) is 6.05. The third kappa shape index (κ3) is 3.04. The van der Waals surface area contributed by atoms with Crippen LogP contribution >= 0.6 is 0 Å². The molecule has 1 heterocycles. The van der Waals surface area contributed by atoms with Gasteiger partial charge in [0.05, 0.1) is 6.04 Å². The molecule has 2 aromatic carbocycles. The molecule has 1 unspecified atom stereocenters. The summed E-state index contributed by atoms with van der Waals surface area (Å²) < 4.78 is 0. The zero-order chi connectivity index (χ0) is 15.5. The van der Waals surface area contributed by atoms with Crippen LogP contribution in [0.1, 0.15) is 27.5 Å². The molecule has 3 nitrogen and oxygen atoms in total. The summed E-state index contributed by atoms with van der Waals surface area (Å²) in [6, 6.07) is 18.3. The van der Waals surface area contributed by atoms with Crippen LogP contribution in [-0.2, 0) is 0 Å². The first-order valence-electron chi connectivity index (χ1n) is 7.76. The minimum atomic E-state index is 0.119. The van der Waals surface area contributed by atoms with E-state index in [1.807, 2.05) is 54.3 Å². The van der Waals surface area contributed by atoms with Crippen LogP contribution in [0.3, 0.4) is 0 Å². The standard InChI is InChI=1S/C19H22N2O/c1-15-8-10-17(11-9-15)19(22)21-13-12-20(2)14-18(21)16-6-4-3-5-7-16/h3-11,18H,12-14H2,1-2H3. The van der Waals surface area contributed by atoms with Gasteiger partial charge in [-0.2, -0.15) is 0 Å². The lowest BCUT2D eigenvalue weighted by Crippen LogP contribution is -2.49. The maximum atomic E-state index is 12.9. The number of rotatable bonds is 2. The smallest absolute Gasteiger partial charge is 0.254 e. The van der Waals surface area contributed by atoms with Crippen LogP contribution in [0, 0.1) is 6.92 Å². The molecule has 2 aromatic rings. The molecule has 0 spiro atoms. The van der Waals surface area contributed by atoms with E-state index in [-0.39, 0.29) is 11.9 Å². The molecule has 1 atom stereocenters. The molecule has 1 saturated heterocycles. The highest BCUT2D eigenvalue weighted by molar-refractivity contribution is 5.94. The molecular formula is C19H22N2O. The summed E-state index contributed by atoms with van der Waals surface area (Å²) in [5.74, 6) is 0.127. The van der Waals surface area contributed by atoms with Gasteiger partial charge < -0.3 is 9.80 Å². The molecule has 0 radical (unpaired) electrons. The Hall–Kier alpha value is -2.13. The van der Waals surface area contributed by atoms with Crippen LogP contribution in [0.4, 0.5) is 0 Å². The molecule has 3 rings (SSSR count). The van der Waals surface area contributed by atoms with Crippen molar-refractivity contribution < 1.29 is 4.79 Å². The average molecular weight is 294 g/mol. The molecule has 0 bridgehead atoms. The summed E-state index contributed by atoms with van der Waals surface area (Å²) in [6.45, 7) is 4.60. The minimum absolute atomic E-state index is 0.119. The summed E-state index contributed by atoms with van der Waals surface area (Å²) in [6.07, 6.45) is 0. The maximum Gasteiger partial charge on any atom is 0.254 e. The lowest BCUT2D eigenvalue weighted by Gasteiger charge is -2.40. The van der Waals surface area contributed by atoms with Gasteiger partial charge in [-0.3, -0.25) is 4.79 Å². The van der Waals surface area contributed by atoms with E-state index < -0.39 is 0 Å². The van der Waals surface area contributed by atoms with Crippen LogP contribution in [0.2, 0.25) is 0 Å². The molecule has 3 heteroatoms. The number of hydrogen-bond donors (Lipinski definition) is 0. The number of benzene rings is 2. The number of nitrogens with zero attached hydrogens (tertiary/aromatic N) is 2. The zero-order valence-electron chi connectivity index (χ0n) is 13.2. The van der Waals surface area contributed by atoms with Crippen molar-refractivity contribution in [2.45, 2.75) is 13.0 Å². The molecule has 1 amide bonds. The molecule has 22 heavy (non-hydrogen) atoms. The lowest BCUT2D eigenvalue weighted by atomic mass is 10.0. The first kappa shape index (κ1) is 14.8. The fourth-order valence-electron chi connectivity index (χ4n) is 2.98. The van der Waals surface area contributed by atoms with Gasteiger partial charge in [0.2, 0.25) is 0 Å². The lowest BCUT2D eigenvalue weighted by molar-refractivity contribution is 0.0498. The Morgan fingerprint density at radius 2 is 1.68 bits per heavy atom. The van der Waals surface area contributed by atoms with Gasteiger partial charge in [-0.15, -0.1) is 0 Å². The third-order valence-corrected chi connectivity index (χ3v) is 4.33. The van der Waals surface area contributed by atoms with Crippen molar-refractivity contribution in [1.29, 1.82) is 0 Å². The van der Waals surface area contributed by atoms with Crippen molar-refractivity contribution in [3.05, 3.63) is 71.3 Å². The average Bonchev–Trinajstić information content (AvgIpc) is 2.56. The second-order valence-corrected chi connectivity index (χ2v) is 6.05. The number of carbonyl (C=O) groups is 1. The van der Waals surface area contributed by atoms with Crippen molar-refractivity contribution in [2.75, 3.05) is 26.7 Å². The topological polar surface area (TPSA) is 23.6 Å². The van der Waals surface area contributed by atoms with Gasteiger partial charge in [-0.25, -0.2) is 0 Å². The Labute approximate surface area is 132 Å². The number of hydrogen-bond acceptors (Lipinski definition) is 2. The Bertz CT molecular complexity index is 636. The second kappa shape index (κ2) is 6.32. The van der Waals surface area contributed by atoms with E-state index in [1.54, 1.807) is 0 Å². The van der Waals surface area contributed by atoms with Crippen LogP contribution in [0.25, 0.3) is 0 Å². The minimum Gasteiger partial charge on any atom is -0.329 e. The Morgan fingerprint density at radius 3 is 2.36 bits per heavy atom. The van der Waals surface area contributed by atoms with Gasteiger partial charge in [0, 0.05) is 25.2 Å². The molecule has 0 aliphatic carbocycles. The molecule has 0 N–H and O–H groups in total. The largest absolute Gasteiger partial charge is 0.329 e. The van der Waals surface area contributed by atoms with Gasteiger partial charge in [0.1, 0.15) is 0 Å². The Kier molecular flexibility index (Phi) is 4.25. The van der Waals surface area contributed by atoms with Gasteiger partial charge in [0.25, 0.3) is 5.91 Å². The first-order valence-corrected chi connectivity index (χ1v) is 7.76. The highest BCUT2D eigenvalue weighted by Crippen LogP contribution is 2.26. The SMILES string of the molecule is Cc1ccc(C(=O)N2CCN(C)CC2c2ccccc2)cc1. The summed E-state index contributed by atoms with van der Waals surface area (Å²) in [4.78, 5) is 17.2. The molecule has 0 aromatic heterocycles. The quantitative estimate of drug-likeness (QED) is 0.849. The predicted octanol–water partition coefficient (Wildman–Crippen LogP) is 3.12. The molecule has 0 saturated carbocycles. The van der Waals surface area contributed by atoms with Crippen molar-refractivity contribution in [3.63, 3.8) is 0 Å². The zero-order valence-corrected chi connectivity index (χ0v) is 13.2. The van der Waals surface area contributed by atoms with E-state index in [0.717, 1.165) is 25.2 Å². The van der Waals surface area contributed by atoms with Crippen LogP contribution in [0.15, 0.2) is 54.6 Å². The highest BCUT2D eigenvalue weighted by atomic mass is 16.2. The van der Waals surface area contributed by atoms with Crippen molar-refractivity contribution in [1.82, 2.24) is 9.80 Å². The van der Waals surface area contributed by atoms with E-state index in [1.165, 1.54) is 11.1 Å². The number of aryl methyl sites for hydroxylation is 1. The number of carbonyl (C=O) groups excluding carboxylic acids is 1. The molecular weight excluding hydrogens is 272 g/mol. The van der Waals surface area contributed by atoms with Crippen molar-refractivity contribution in [2.24, 2.45) is 0 Å². The number of likely N-dealkylation sites (N-methyl/N-ethyl adjacent to an activating group) is 1. The Balaban J connectivity index is 1.89. The monoisotopic (exact) mass is 294 g/mol. The van der Waals surface area contributed by atoms with Crippen LogP contribution in [-0.4, -0.2) is 42.4 Å². The fraction of sp³-hybridized carbons (Fsp3) is 0.316. The maximum absolute atomic E-state index is 12.9. The molecule has 1 aliphatic heterocycles. The van der Waals surface area contributed by atoms with Crippen LogP contribution < -0.4 is 0 Å². The summed E-state index contributed by atoms with van der Waals surface area (Å²) >= 11 is 0. The van der Waals surface area contributed by atoms with E-state index in [9.17, 15) is 4.79 Å². The predicted molar refractivity (Wildman–Crippen MR) is 88.9 cm³/mol. The third-order valence-electron chi connectivity index (χ3n) is 4.33. The van der Waals surface area contributed by atoms with E-state index in [2.05, 4.69) is 24.1 Å². The van der Waals surface area contributed by atoms with Gasteiger partial charge in [-0.1, -0.05) is 48.0 Å². The molecule has 1 fully saturated rings. The summed E-state index contributed by atoms with van der Waals surface area (Å²) in [7, 11) is 2.11. The van der Waals surface area contributed by atoms with Crippen molar-refractivity contribution in [3.8, 4) is 0 Å². The van der Waals surface area contributed by atoms with Gasteiger partial charge >= 0.3 is 0 Å². The number of amides is 1. The van der Waals surface area contributed by atoms with Gasteiger partial charge in [-0.05, 0) is 31.7 Å². The van der Waals surface area contributed by atoms with Crippen molar-refractivity contribution >= 4 is 5.91 Å². The normalized spacial score (nSPS) is 19.2. The number of piperazine rings is 1.